The van der Waals surface area contributed by atoms with Crippen LogP contribution in [0, 0.1) is 5.92 Å². The van der Waals surface area contributed by atoms with Crippen molar-refractivity contribution in [2.45, 2.75) is 31.7 Å². The third kappa shape index (κ3) is 3.34. The molecule has 1 fully saturated rings. The molecule has 1 saturated carbocycles. The fourth-order valence-corrected chi connectivity index (χ4v) is 4.00. The Morgan fingerprint density at radius 1 is 1.41 bits per heavy atom. The first kappa shape index (κ1) is 15.5. The number of thioether (sulfide) groups is 1. The number of hydrogen-bond acceptors (Lipinski definition) is 4. The molecule has 120 valence electrons. The van der Waals surface area contributed by atoms with E-state index in [1.165, 1.54) is 0 Å². The molecular formula is C15H20F2N4S. The molecular weight excluding hydrogens is 306 g/mol. The number of hydrogen-bond donors (Lipinski definition) is 1. The third-order valence-corrected chi connectivity index (χ3v) is 5.49. The predicted octanol–water partition coefficient (Wildman–Crippen LogP) is 3.56. The highest BCUT2D eigenvalue weighted by Gasteiger charge is 2.33. The van der Waals surface area contributed by atoms with E-state index < -0.39 is 6.43 Å². The molecule has 1 N–H and O–H groups in total. The number of rotatable bonds is 7. The van der Waals surface area contributed by atoms with Crippen molar-refractivity contribution < 1.29 is 8.78 Å². The summed E-state index contributed by atoms with van der Waals surface area (Å²) in [6.45, 7) is 0. The van der Waals surface area contributed by atoms with Gasteiger partial charge < -0.3 is 9.88 Å². The fourth-order valence-electron chi connectivity index (χ4n) is 2.89. The average Bonchev–Trinajstić information content (AvgIpc) is 2.92. The molecule has 2 heterocycles. The van der Waals surface area contributed by atoms with Crippen molar-refractivity contribution in [3.63, 3.8) is 0 Å². The van der Waals surface area contributed by atoms with Crippen molar-refractivity contribution >= 4 is 28.6 Å². The molecule has 7 heteroatoms. The highest BCUT2D eigenvalue weighted by Crippen LogP contribution is 2.36. The first-order valence-electron chi connectivity index (χ1n) is 7.52. The molecule has 0 aliphatic heterocycles. The van der Waals surface area contributed by atoms with Crippen LogP contribution in [0.4, 0.5) is 14.6 Å². The maximum Gasteiger partial charge on any atom is 0.239 e. The van der Waals surface area contributed by atoms with Gasteiger partial charge in [0.05, 0.1) is 5.39 Å². The van der Waals surface area contributed by atoms with E-state index in [0.29, 0.717) is 17.7 Å². The molecule has 0 unspecified atom stereocenters. The molecule has 2 aromatic heterocycles. The molecule has 0 amide bonds. The van der Waals surface area contributed by atoms with Crippen molar-refractivity contribution in [2.75, 3.05) is 23.5 Å². The summed E-state index contributed by atoms with van der Waals surface area (Å²) < 4.78 is 24.2. The quantitative estimate of drug-likeness (QED) is 0.790. The van der Waals surface area contributed by atoms with Gasteiger partial charge in [-0.15, -0.1) is 0 Å². The molecule has 2 aromatic rings. The minimum atomic E-state index is -2.17. The molecule has 4 nitrogen and oxygen atoms in total. The van der Waals surface area contributed by atoms with Crippen molar-refractivity contribution in [2.24, 2.45) is 5.92 Å². The van der Waals surface area contributed by atoms with Gasteiger partial charge in [0.1, 0.15) is 17.8 Å². The fraction of sp³-hybridized carbons (Fsp3) is 0.600. The lowest BCUT2D eigenvalue weighted by Crippen LogP contribution is -2.44. The van der Waals surface area contributed by atoms with Gasteiger partial charge in [0.15, 0.2) is 0 Å². The van der Waals surface area contributed by atoms with Gasteiger partial charge in [-0.2, -0.15) is 11.8 Å². The highest BCUT2D eigenvalue weighted by atomic mass is 32.2. The number of H-pyrrole nitrogens is 1. The maximum absolute atomic E-state index is 12.1. The van der Waals surface area contributed by atoms with Gasteiger partial charge in [0, 0.05) is 25.7 Å². The normalized spacial score (nSPS) is 21.3. The summed E-state index contributed by atoms with van der Waals surface area (Å²) >= 11 is 1.65. The number of anilines is 1. The zero-order chi connectivity index (χ0) is 15.5. The second-order valence-electron chi connectivity index (χ2n) is 5.79. The van der Waals surface area contributed by atoms with Gasteiger partial charge in [0.2, 0.25) is 6.43 Å². The monoisotopic (exact) mass is 326 g/mol. The molecule has 3 rings (SSSR count). The minimum absolute atomic E-state index is 0.00707. The molecule has 0 saturated heterocycles. The van der Waals surface area contributed by atoms with Crippen LogP contribution in [-0.4, -0.2) is 46.0 Å². The highest BCUT2D eigenvalue weighted by molar-refractivity contribution is 7.99. The zero-order valence-corrected chi connectivity index (χ0v) is 13.3. The van der Waals surface area contributed by atoms with E-state index >= 15 is 0 Å². The Bertz CT molecular complexity index is 612. The van der Waals surface area contributed by atoms with E-state index in [-0.39, 0.29) is 6.42 Å². The second-order valence-corrected chi connectivity index (χ2v) is 6.94. The van der Waals surface area contributed by atoms with Gasteiger partial charge >= 0.3 is 0 Å². The molecule has 22 heavy (non-hydrogen) atoms. The van der Waals surface area contributed by atoms with E-state index in [1.807, 2.05) is 12.3 Å². The van der Waals surface area contributed by atoms with Crippen LogP contribution >= 0.6 is 11.8 Å². The van der Waals surface area contributed by atoms with Gasteiger partial charge in [0.25, 0.3) is 0 Å². The molecule has 1 aliphatic carbocycles. The number of nitrogens with one attached hydrogen (secondary N) is 1. The summed E-state index contributed by atoms with van der Waals surface area (Å²) in [5, 5.41) is 1.04. The number of aromatic amines is 1. The first-order chi connectivity index (χ1) is 10.6. The maximum atomic E-state index is 12.1. The Morgan fingerprint density at radius 3 is 3.00 bits per heavy atom. The summed E-state index contributed by atoms with van der Waals surface area (Å²) in [5.74, 6) is 3.14. The van der Waals surface area contributed by atoms with Gasteiger partial charge in [-0.3, -0.25) is 0 Å². The van der Waals surface area contributed by atoms with Crippen molar-refractivity contribution in [1.82, 2.24) is 15.0 Å². The van der Waals surface area contributed by atoms with Crippen molar-refractivity contribution in [3.05, 3.63) is 18.6 Å². The number of fused-ring (bicyclic) bond motifs is 1. The summed E-state index contributed by atoms with van der Waals surface area (Å²) in [6, 6.07) is 2.48. The van der Waals surface area contributed by atoms with Gasteiger partial charge in [-0.25, -0.2) is 18.7 Å². The predicted molar refractivity (Wildman–Crippen MR) is 86.7 cm³/mol. The molecule has 0 atom stereocenters. The smallest absolute Gasteiger partial charge is 0.239 e. The van der Waals surface area contributed by atoms with Gasteiger partial charge in [-0.05, 0) is 36.3 Å². The van der Waals surface area contributed by atoms with E-state index in [4.69, 9.17) is 0 Å². The van der Waals surface area contributed by atoms with E-state index in [0.717, 1.165) is 35.4 Å². The van der Waals surface area contributed by atoms with E-state index in [1.54, 1.807) is 18.1 Å². The number of alkyl halides is 2. The Kier molecular flexibility index (Phi) is 4.81. The number of halogens is 2. The standard InChI is InChI=1S/C15H20F2N4S/c1-21(15-12-2-4-18-14(12)19-9-20-15)11-6-10(7-11)8-22-5-3-13(16)17/h2,4,9-11,13H,3,5-8H2,1H3,(H,18,19,20). The first-order valence-corrected chi connectivity index (χ1v) is 8.67. The largest absolute Gasteiger partial charge is 0.356 e. The van der Waals surface area contributed by atoms with Crippen molar-refractivity contribution in [3.8, 4) is 0 Å². The SMILES string of the molecule is CN(c1ncnc2[nH]ccc12)C1CC(CSCCC(F)F)C1. The lowest BCUT2D eigenvalue weighted by molar-refractivity contribution is 0.145. The van der Waals surface area contributed by atoms with Crippen LogP contribution < -0.4 is 4.90 Å². The van der Waals surface area contributed by atoms with E-state index in [2.05, 4.69) is 26.9 Å². The summed E-state index contributed by atoms with van der Waals surface area (Å²) in [5.41, 5.74) is 0.857. The third-order valence-electron chi connectivity index (χ3n) is 4.26. The second kappa shape index (κ2) is 6.81. The lowest BCUT2D eigenvalue weighted by Gasteiger charge is -2.41. The summed E-state index contributed by atoms with van der Waals surface area (Å²) in [7, 11) is 2.07. The van der Waals surface area contributed by atoms with Crippen molar-refractivity contribution in [1.29, 1.82) is 0 Å². The Balaban J connectivity index is 1.49. The molecule has 0 radical (unpaired) electrons. The summed E-state index contributed by atoms with van der Waals surface area (Å²) in [4.78, 5) is 13.9. The van der Waals surface area contributed by atoms with Crippen LogP contribution in [0.25, 0.3) is 11.0 Å². The average molecular weight is 326 g/mol. The van der Waals surface area contributed by atoms with Crippen LogP contribution in [-0.2, 0) is 0 Å². The lowest BCUT2D eigenvalue weighted by atomic mass is 9.81. The van der Waals surface area contributed by atoms with Crippen LogP contribution in [0.1, 0.15) is 19.3 Å². The minimum Gasteiger partial charge on any atom is -0.356 e. The topological polar surface area (TPSA) is 44.8 Å². The molecule has 0 spiro atoms. The molecule has 0 bridgehead atoms. The Hall–Kier alpha value is -1.37. The zero-order valence-electron chi connectivity index (χ0n) is 12.5. The molecule has 0 aromatic carbocycles. The summed E-state index contributed by atoms with van der Waals surface area (Å²) in [6.07, 6.45) is 3.50. The Labute approximate surface area is 132 Å². The number of nitrogens with zero attached hydrogens (tertiary/aromatic N) is 3. The van der Waals surface area contributed by atoms with Gasteiger partial charge in [-0.1, -0.05) is 0 Å². The van der Waals surface area contributed by atoms with Crippen LogP contribution in [0.5, 0.6) is 0 Å². The van der Waals surface area contributed by atoms with E-state index in [9.17, 15) is 8.78 Å². The van der Waals surface area contributed by atoms with Crippen LogP contribution in [0.3, 0.4) is 0 Å². The Morgan fingerprint density at radius 2 is 2.23 bits per heavy atom. The van der Waals surface area contributed by atoms with Crippen LogP contribution in [0.15, 0.2) is 18.6 Å². The van der Waals surface area contributed by atoms with Crippen LogP contribution in [0.2, 0.25) is 0 Å². The number of aromatic nitrogens is 3. The molecule has 1 aliphatic rings.